The maximum Gasteiger partial charge on any atom is 0.335 e. The summed E-state index contributed by atoms with van der Waals surface area (Å²) in [4.78, 5) is 22.8. The first kappa shape index (κ1) is 15.1. The van der Waals surface area contributed by atoms with Crippen molar-refractivity contribution >= 4 is 33.5 Å². The van der Waals surface area contributed by atoms with Crippen molar-refractivity contribution in [3.05, 3.63) is 63.6 Å². The van der Waals surface area contributed by atoms with Crippen molar-refractivity contribution in [1.82, 2.24) is 5.32 Å². The number of carboxylic acid groups (broad SMARTS) is 1. The Bertz CT molecular complexity index is 684. The second-order valence-corrected chi connectivity index (χ2v) is 5.24. The Morgan fingerprint density at radius 2 is 1.81 bits per heavy atom. The molecule has 2 aromatic carbocycles. The molecule has 0 aromatic heterocycles. The van der Waals surface area contributed by atoms with E-state index in [0.29, 0.717) is 22.3 Å². The molecule has 2 rings (SSSR count). The molecule has 21 heavy (non-hydrogen) atoms. The van der Waals surface area contributed by atoms with E-state index in [4.69, 9.17) is 10.8 Å². The van der Waals surface area contributed by atoms with Gasteiger partial charge in [0.05, 0.1) is 16.8 Å². The minimum atomic E-state index is -0.979. The maximum atomic E-state index is 12.1. The summed E-state index contributed by atoms with van der Waals surface area (Å²) in [5.41, 5.74) is 7.63. The van der Waals surface area contributed by atoms with Crippen molar-refractivity contribution in [3.8, 4) is 0 Å². The summed E-state index contributed by atoms with van der Waals surface area (Å²) in [5, 5.41) is 11.6. The highest BCUT2D eigenvalue weighted by Crippen LogP contribution is 2.22. The Morgan fingerprint density at radius 3 is 2.43 bits per heavy atom. The standard InChI is InChI=1S/C15H13BrN2O3/c16-12-3-1-2-11(13(12)17)14(19)18-8-9-4-6-10(7-5-9)15(20)21/h1-7H,8,17H2,(H,18,19)(H,20,21). The fourth-order valence-electron chi connectivity index (χ4n) is 1.78. The van der Waals surface area contributed by atoms with Crippen LogP contribution in [-0.2, 0) is 6.54 Å². The molecular weight excluding hydrogens is 336 g/mol. The lowest BCUT2D eigenvalue weighted by atomic mass is 10.1. The summed E-state index contributed by atoms with van der Waals surface area (Å²) < 4.78 is 0.668. The highest BCUT2D eigenvalue weighted by atomic mass is 79.9. The molecule has 108 valence electrons. The number of hydrogen-bond acceptors (Lipinski definition) is 3. The van der Waals surface area contributed by atoms with Gasteiger partial charge in [-0.1, -0.05) is 18.2 Å². The fourth-order valence-corrected chi connectivity index (χ4v) is 2.14. The number of nitrogens with one attached hydrogen (secondary N) is 1. The van der Waals surface area contributed by atoms with Gasteiger partial charge in [0.15, 0.2) is 0 Å². The van der Waals surface area contributed by atoms with Crippen LogP contribution in [0.2, 0.25) is 0 Å². The molecule has 0 saturated heterocycles. The zero-order valence-electron chi connectivity index (χ0n) is 11.0. The molecule has 5 nitrogen and oxygen atoms in total. The molecule has 0 unspecified atom stereocenters. The largest absolute Gasteiger partial charge is 0.478 e. The van der Waals surface area contributed by atoms with Crippen LogP contribution in [0.25, 0.3) is 0 Å². The fraction of sp³-hybridized carbons (Fsp3) is 0.0667. The molecule has 2 aromatic rings. The average molecular weight is 349 g/mol. The van der Waals surface area contributed by atoms with Crippen LogP contribution < -0.4 is 11.1 Å². The van der Waals surface area contributed by atoms with Gasteiger partial charge in [0.25, 0.3) is 5.91 Å². The topological polar surface area (TPSA) is 92.4 Å². The third-order valence-electron chi connectivity index (χ3n) is 2.95. The van der Waals surface area contributed by atoms with E-state index < -0.39 is 5.97 Å². The molecule has 0 bridgehead atoms. The number of hydrogen-bond donors (Lipinski definition) is 3. The van der Waals surface area contributed by atoms with E-state index in [1.807, 2.05) is 0 Å². The van der Waals surface area contributed by atoms with E-state index in [9.17, 15) is 9.59 Å². The predicted octanol–water partition coefficient (Wildman–Crippen LogP) is 2.66. The predicted molar refractivity (Wildman–Crippen MR) is 83.1 cm³/mol. The number of amides is 1. The molecule has 0 spiro atoms. The van der Waals surface area contributed by atoms with E-state index in [1.165, 1.54) is 12.1 Å². The normalized spacial score (nSPS) is 10.1. The molecule has 1 amide bonds. The second kappa shape index (κ2) is 6.41. The molecule has 0 heterocycles. The Labute approximate surface area is 129 Å². The molecule has 0 aliphatic heterocycles. The average Bonchev–Trinajstić information content (AvgIpc) is 2.48. The second-order valence-electron chi connectivity index (χ2n) is 4.39. The number of carboxylic acids is 1. The number of benzene rings is 2. The monoisotopic (exact) mass is 348 g/mol. The first-order valence-electron chi connectivity index (χ1n) is 6.13. The molecule has 0 radical (unpaired) electrons. The lowest BCUT2D eigenvalue weighted by Gasteiger charge is -2.09. The quantitative estimate of drug-likeness (QED) is 0.740. The summed E-state index contributed by atoms with van der Waals surface area (Å²) in [6.45, 7) is 0.296. The minimum absolute atomic E-state index is 0.210. The van der Waals surface area contributed by atoms with E-state index in [0.717, 1.165) is 5.56 Å². The highest BCUT2D eigenvalue weighted by molar-refractivity contribution is 9.10. The van der Waals surface area contributed by atoms with Crippen LogP contribution in [0.4, 0.5) is 5.69 Å². The van der Waals surface area contributed by atoms with E-state index in [-0.39, 0.29) is 11.5 Å². The van der Waals surface area contributed by atoms with Gasteiger partial charge in [0.1, 0.15) is 0 Å². The number of rotatable bonds is 4. The number of aromatic carboxylic acids is 1. The SMILES string of the molecule is Nc1c(Br)cccc1C(=O)NCc1ccc(C(=O)O)cc1. The first-order valence-corrected chi connectivity index (χ1v) is 6.93. The van der Waals surface area contributed by atoms with Gasteiger partial charge >= 0.3 is 5.97 Å². The van der Waals surface area contributed by atoms with Gasteiger partial charge in [-0.05, 0) is 45.8 Å². The van der Waals surface area contributed by atoms with Crippen molar-refractivity contribution < 1.29 is 14.7 Å². The number of para-hydroxylation sites is 1. The van der Waals surface area contributed by atoms with Crippen LogP contribution in [0.1, 0.15) is 26.3 Å². The van der Waals surface area contributed by atoms with E-state index in [1.54, 1.807) is 30.3 Å². The summed E-state index contributed by atoms with van der Waals surface area (Å²) in [7, 11) is 0. The van der Waals surface area contributed by atoms with Gasteiger partial charge in [-0.25, -0.2) is 4.79 Å². The Morgan fingerprint density at radius 1 is 1.14 bits per heavy atom. The van der Waals surface area contributed by atoms with Gasteiger partial charge in [0, 0.05) is 11.0 Å². The summed E-state index contributed by atoms with van der Waals surface area (Å²) in [5.74, 6) is -1.26. The van der Waals surface area contributed by atoms with Gasteiger partial charge < -0.3 is 16.2 Å². The van der Waals surface area contributed by atoms with Crippen LogP contribution in [0.5, 0.6) is 0 Å². The Balaban J connectivity index is 2.04. The lowest BCUT2D eigenvalue weighted by molar-refractivity contribution is 0.0696. The number of carbonyl (C=O) groups is 2. The van der Waals surface area contributed by atoms with Crippen LogP contribution >= 0.6 is 15.9 Å². The Kier molecular flexibility index (Phi) is 4.59. The summed E-state index contributed by atoms with van der Waals surface area (Å²) in [6.07, 6.45) is 0. The van der Waals surface area contributed by atoms with Crippen molar-refractivity contribution in [1.29, 1.82) is 0 Å². The zero-order chi connectivity index (χ0) is 15.4. The number of carbonyl (C=O) groups excluding carboxylic acids is 1. The van der Waals surface area contributed by atoms with Crippen molar-refractivity contribution in [2.45, 2.75) is 6.54 Å². The van der Waals surface area contributed by atoms with Crippen LogP contribution in [0.15, 0.2) is 46.9 Å². The van der Waals surface area contributed by atoms with Crippen LogP contribution in [0.3, 0.4) is 0 Å². The zero-order valence-corrected chi connectivity index (χ0v) is 12.6. The van der Waals surface area contributed by atoms with Gasteiger partial charge in [0.2, 0.25) is 0 Å². The number of nitrogens with two attached hydrogens (primary N) is 1. The number of anilines is 1. The maximum absolute atomic E-state index is 12.1. The van der Waals surface area contributed by atoms with Crippen molar-refractivity contribution in [3.63, 3.8) is 0 Å². The van der Waals surface area contributed by atoms with Gasteiger partial charge in [-0.2, -0.15) is 0 Å². The molecule has 0 saturated carbocycles. The van der Waals surface area contributed by atoms with E-state index in [2.05, 4.69) is 21.2 Å². The molecule has 0 atom stereocenters. The molecule has 0 fully saturated rings. The lowest BCUT2D eigenvalue weighted by Crippen LogP contribution is -2.23. The van der Waals surface area contributed by atoms with Gasteiger partial charge in [-0.3, -0.25) is 4.79 Å². The van der Waals surface area contributed by atoms with Crippen molar-refractivity contribution in [2.24, 2.45) is 0 Å². The molecular formula is C15H13BrN2O3. The minimum Gasteiger partial charge on any atom is -0.478 e. The van der Waals surface area contributed by atoms with Crippen molar-refractivity contribution in [2.75, 3.05) is 5.73 Å². The third kappa shape index (κ3) is 3.61. The smallest absolute Gasteiger partial charge is 0.335 e. The highest BCUT2D eigenvalue weighted by Gasteiger charge is 2.11. The van der Waals surface area contributed by atoms with Crippen LogP contribution in [-0.4, -0.2) is 17.0 Å². The molecule has 4 N–H and O–H groups in total. The van der Waals surface area contributed by atoms with Crippen LogP contribution in [0, 0.1) is 0 Å². The third-order valence-corrected chi connectivity index (χ3v) is 3.64. The number of nitrogen functional groups attached to an aromatic ring is 1. The molecule has 0 aliphatic carbocycles. The molecule has 0 aliphatic rings. The van der Waals surface area contributed by atoms with E-state index >= 15 is 0 Å². The summed E-state index contributed by atoms with van der Waals surface area (Å²) in [6, 6.07) is 11.5. The van der Waals surface area contributed by atoms with Gasteiger partial charge in [-0.15, -0.1) is 0 Å². The Hall–Kier alpha value is -2.34. The number of halogens is 1. The summed E-state index contributed by atoms with van der Waals surface area (Å²) >= 11 is 3.27. The first-order chi connectivity index (χ1) is 9.99. The molecule has 6 heteroatoms.